The summed E-state index contributed by atoms with van der Waals surface area (Å²) >= 11 is 0. The van der Waals surface area contributed by atoms with E-state index in [9.17, 15) is 43.5 Å². The molecule has 17 nitrogen and oxygen atoms in total. The molecule has 17 heteroatoms. The van der Waals surface area contributed by atoms with Gasteiger partial charge in [-0.15, -0.1) is 0 Å². The minimum Gasteiger partial charge on any atom is -0.469 e. The second-order valence-electron chi connectivity index (χ2n) is 28.7. The number of hydrogen-bond donors (Lipinski definition) is 1. The zero-order chi connectivity index (χ0) is 59.2. The fraction of sp³-hybridized carbons (Fsp3) is 0.873. The Morgan fingerprint density at radius 2 is 1.14 bits per heavy atom. The van der Waals surface area contributed by atoms with E-state index in [1.807, 2.05) is 62.3 Å². The molecule has 10 bridgehead atoms. The van der Waals surface area contributed by atoms with Crippen LogP contribution in [0.4, 0.5) is 0 Å². The molecule has 1 N–H and O–H groups in total. The van der Waals surface area contributed by atoms with Crippen LogP contribution < -0.4 is 0 Å². The van der Waals surface area contributed by atoms with Crippen molar-refractivity contribution < 1.29 is 81.4 Å². The molecule has 2 heterocycles. The second-order valence-corrected chi connectivity index (χ2v) is 28.7. The summed E-state index contributed by atoms with van der Waals surface area (Å²) < 4.78 is 42.8. The molecule has 10 aliphatic carbocycles. The molecular formula is C63H98O17. The van der Waals surface area contributed by atoms with E-state index in [0.717, 1.165) is 56.8 Å². The molecule has 80 heavy (non-hydrogen) atoms. The summed E-state index contributed by atoms with van der Waals surface area (Å²) in [5.74, 6) is 0.612. The number of cyclic esters (lactones) is 1. The maximum Gasteiger partial charge on any atom is 0.344 e. The molecule has 0 spiro atoms. The number of aliphatic hydroxyl groups is 1. The van der Waals surface area contributed by atoms with Gasteiger partial charge in [-0.25, -0.2) is 4.79 Å². The van der Waals surface area contributed by atoms with Crippen LogP contribution >= 0.6 is 0 Å². The quantitative estimate of drug-likeness (QED) is 0.112. The smallest absolute Gasteiger partial charge is 0.344 e. The van der Waals surface area contributed by atoms with Crippen molar-refractivity contribution in [3.8, 4) is 0 Å². The van der Waals surface area contributed by atoms with E-state index < -0.39 is 71.0 Å². The molecule has 452 valence electrons. The first-order chi connectivity index (χ1) is 37.3. The molecule has 0 amide bonds. The summed E-state index contributed by atoms with van der Waals surface area (Å²) in [6, 6.07) is 0. The van der Waals surface area contributed by atoms with Crippen LogP contribution in [0.3, 0.4) is 0 Å². The number of methoxy groups -OCH3 is 1. The number of rotatable bonds is 16. The molecular weight excluding hydrogens is 1030 g/mol. The number of hydrogen-bond acceptors (Lipinski definition) is 17. The van der Waals surface area contributed by atoms with Gasteiger partial charge >= 0.3 is 47.8 Å². The molecule has 12 rings (SSSR count). The topological polar surface area (TPSA) is 231 Å². The van der Waals surface area contributed by atoms with Gasteiger partial charge in [0, 0.05) is 11.8 Å². The number of carbonyl (C=O) groups is 8. The highest BCUT2D eigenvalue weighted by atomic mass is 16.6. The van der Waals surface area contributed by atoms with Gasteiger partial charge in [0.25, 0.3) is 0 Å². The SMILES string of the molecule is CCC(C)(C)C(=O)OC1(C(C)C)C2CC3CC(C2)CC1C3.CCC(C)(C)C(=O)OC1C2CC3CC1CC(O)(C3)C2.CCC(C)(C)C(=O)OC1COC(=O)C1.CCC(C)(C)C(=O)OCC(=O)OC1C2CC3C1OC(=O)C3C2C(=O)OC. The number of carbonyl (C=O) groups excluding carboxylic acids is 8. The Labute approximate surface area is 475 Å². The largest absolute Gasteiger partial charge is 0.469 e. The van der Waals surface area contributed by atoms with Crippen LogP contribution in [0.2, 0.25) is 0 Å². The van der Waals surface area contributed by atoms with Gasteiger partial charge in [-0.05, 0) is 199 Å². The van der Waals surface area contributed by atoms with Crippen molar-refractivity contribution in [2.24, 2.45) is 92.7 Å². The van der Waals surface area contributed by atoms with E-state index in [4.69, 9.17) is 37.9 Å². The summed E-state index contributed by atoms with van der Waals surface area (Å²) in [5.41, 5.74) is -2.51. The van der Waals surface area contributed by atoms with Crippen molar-refractivity contribution in [2.75, 3.05) is 20.3 Å². The lowest BCUT2D eigenvalue weighted by atomic mass is 9.47. The Hall–Kier alpha value is -4.28. The number of ether oxygens (including phenoxy) is 8. The Morgan fingerprint density at radius 1 is 0.625 bits per heavy atom. The molecule has 9 unspecified atom stereocenters. The highest BCUT2D eigenvalue weighted by Crippen LogP contribution is 2.63. The fourth-order valence-corrected chi connectivity index (χ4v) is 15.4. The second kappa shape index (κ2) is 24.1. The van der Waals surface area contributed by atoms with Gasteiger partial charge in [-0.1, -0.05) is 41.5 Å². The van der Waals surface area contributed by atoms with Crippen molar-refractivity contribution in [1.29, 1.82) is 0 Å². The van der Waals surface area contributed by atoms with E-state index in [-0.39, 0.29) is 77.4 Å². The Balaban J connectivity index is 0.000000157. The van der Waals surface area contributed by atoms with Crippen molar-refractivity contribution in [3.05, 3.63) is 0 Å². The molecule has 0 aromatic heterocycles. The maximum atomic E-state index is 12.8. The number of fused-ring (bicyclic) bond motifs is 1. The van der Waals surface area contributed by atoms with Crippen molar-refractivity contribution in [3.63, 3.8) is 0 Å². The van der Waals surface area contributed by atoms with Gasteiger partial charge in [-0.3, -0.25) is 33.6 Å². The first-order valence-corrected chi connectivity index (χ1v) is 30.5. The molecule has 2 saturated heterocycles. The van der Waals surface area contributed by atoms with Gasteiger partial charge in [0.1, 0.15) is 36.6 Å². The molecule has 0 aromatic carbocycles. The first-order valence-electron chi connectivity index (χ1n) is 30.5. The predicted molar refractivity (Wildman–Crippen MR) is 292 cm³/mol. The van der Waals surface area contributed by atoms with Crippen LogP contribution in [0.5, 0.6) is 0 Å². The van der Waals surface area contributed by atoms with E-state index in [1.54, 1.807) is 13.8 Å². The Morgan fingerprint density at radius 3 is 1.61 bits per heavy atom. The monoisotopic (exact) mass is 1130 g/mol. The summed E-state index contributed by atoms with van der Waals surface area (Å²) in [4.78, 5) is 95.6. The van der Waals surface area contributed by atoms with Gasteiger partial charge in [0.15, 0.2) is 6.61 Å². The van der Waals surface area contributed by atoms with E-state index in [2.05, 4.69) is 20.8 Å². The molecule has 12 fully saturated rings. The normalized spacial score (nSPS) is 36.5. The van der Waals surface area contributed by atoms with Gasteiger partial charge in [0.05, 0.1) is 52.6 Å². The summed E-state index contributed by atoms with van der Waals surface area (Å²) in [7, 11) is 1.27. The van der Waals surface area contributed by atoms with Crippen LogP contribution in [-0.2, 0) is 76.3 Å². The van der Waals surface area contributed by atoms with Crippen LogP contribution in [0.15, 0.2) is 0 Å². The highest BCUT2D eigenvalue weighted by Gasteiger charge is 2.70. The highest BCUT2D eigenvalue weighted by molar-refractivity contribution is 5.86. The summed E-state index contributed by atoms with van der Waals surface area (Å²) in [5, 5.41) is 10.5. The van der Waals surface area contributed by atoms with Crippen molar-refractivity contribution >= 4 is 47.8 Å². The molecule has 2 aliphatic heterocycles. The van der Waals surface area contributed by atoms with Crippen LogP contribution in [0, 0.1) is 92.7 Å². The lowest BCUT2D eigenvalue weighted by Crippen LogP contribution is -2.63. The van der Waals surface area contributed by atoms with Gasteiger partial charge < -0.3 is 43.0 Å². The first kappa shape index (κ1) is 63.3. The Kier molecular flexibility index (Phi) is 19.1. The minimum atomic E-state index is -0.717. The van der Waals surface area contributed by atoms with E-state index >= 15 is 0 Å². The van der Waals surface area contributed by atoms with Gasteiger partial charge in [-0.2, -0.15) is 0 Å². The van der Waals surface area contributed by atoms with Crippen molar-refractivity contribution in [2.45, 2.75) is 235 Å². The Bertz CT molecular complexity index is 2270. The van der Waals surface area contributed by atoms with Gasteiger partial charge in [0.2, 0.25) is 0 Å². The van der Waals surface area contributed by atoms with E-state index in [0.29, 0.717) is 54.8 Å². The average molecular weight is 1130 g/mol. The van der Waals surface area contributed by atoms with E-state index in [1.165, 1.54) is 39.2 Å². The third kappa shape index (κ3) is 12.9. The van der Waals surface area contributed by atoms with Crippen molar-refractivity contribution in [1.82, 2.24) is 0 Å². The number of esters is 8. The lowest BCUT2D eigenvalue weighted by molar-refractivity contribution is -0.231. The van der Waals surface area contributed by atoms with Crippen LogP contribution in [0.25, 0.3) is 0 Å². The molecule has 0 aromatic rings. The third-order valence-electron chi connectivity index (χ3n) is 21.4. The molecule has 0 radical (unpaired) electrons. The molecule has 12 aliphatic rings. The summed E-state index contributed by atoms with van der Waals surface area (Å²) in [6.45, 7) is 27.2. The molecule has 10 saturated carbocycles. The fourth-order valence-electron chi connectivity index (χ4n) is 15.4. The zero-order valence-electron chi connectivity index (χ0n) is 50.9. The predicted octanol–water partition coefficient (Wildman–Crippen LogP) is 9.86. The standard InChI is InChI=1S/C19H32O2.C18H24O8.C16H26O3.C10H16O4/c1-6-18(4,5)17(20)21-19(12(2)3)15-8-13-7-14(10-15)11-16(19)9-13;1-5-18(2,3)17(22)24-7-10(19)25-13-8-6-9-12(11(8)15(20)23-4)16(21)26-14(9)13;1-4-15(2,3)14(17)19-13-11-5-10-6-12(13)9-16(18,7-10)8-11;1-4-10(2,3)9(12)14-7-5-8(11)13-6-7/h12-16H,6-11H2,1-5H3;8-9,11-14H,5-7H2,1-4H3;10-13,18H,4-9H2,1-3H3;7H,4-6H2,1-3H3. The average Bonchev–Trinajstić information content (AvgIpc) is 4.18. The van der Waals surface area contributed by atoms with Crippen LogP contribution in [-0.4, -0.2) is 109 Å². The maximum absolute atomic E-state index is 12.8. The lowest BCUT2D eigenvalue weighted by Gasteiger charge is -2.62. The minimum absolute atomic E-state index is 0.0335. The molecule has 9 atom stereocenters. The summed E-state index contributed by atoms with van der Waals surface area (Å²) in [6.07, 6.45) is 13.7. The zero-order valence-corrected chi connectivity index (χ0v) is 50.9. The third-order valence-corrected chi connectivity index (χ3v) is 21.4. The van der Waals surface area contributed by atoms with Crippen LogP contribution in [0.1, 0.15) is 200 Å².